The summed E-state index contributed by atoms with van der Waals surface area (Å²) in [6, 6.07) is 0. The minimum absolute atomic E-state index is 0. The molecule has 0 heterocycles. The van der Waals surface area contributed by atoms with E-state index in [4.69, 9.17) is 0 Å². The van der Waals surface area contributed by atoms with Crippen LogP contribution in [0.4, 0.5) is 0 Å². The largest absolute Gasteiger partial charge is 2.00 e. The molecule has 0 aliphatic carbocycles. The van der Waals surface area contributed by atoms with Crippen molar-refractivity contribution in [2.45, 2.75) is 0 Å². The van der Waals surface area contributed by atoms with Crippen LogP contribution in [0.3, 0.4) is 0 Å². The summed E-state index contributed by atoms with van der Waals surface area (Å²) in [4.78, 5) is 0. The van der Waals surface area contributed by atoms with E-state index in [9.17, 15) is 0 Å². The van der Waals surface area contributed by atoms with Crippen LogP contribution in [-0.4, -0.2) is 16.4 Å². The molecule has 6 N–H and O–H groups in total. The smallest absolute Gasteiger partial charge is 0.412 e. The maximum absolute atomic E-state index is 0. The molecule has 4 heteroatoms. The third kappa shape index (κ3) is 157. The normalized spacial score (nSPS) is 0. The summed E-state index contributed by atoms with van der Waals surface area (Å²) in [5.74, 6) is 0. The molecule has 0 rings (SSSR count). The summed E-state index contributed by atoms with van der Waals surface area (Å²) in [7, 11) is 0. The number of hydrogen-bond donors (Lipinski definition) is 0. The quantitative estimate of drug-likeness (QED) is 0.473. The molecule has 43 valence electrons. The van der Waals surface area contributed by atoms with Gasteiger partial charge in [-0.1, -0.05) is 0 Å². The topological polar surface area (TPSA) is 94.5 Å². The van der Waals surface area contributed by atoms with Crippen LogP contribution in [0.15, 0.2) is 0 Å². The van der Waals surface area contributed by atoms with Crippen LogP contribution in [0.2, 0.25) is 0 Å². The van der Waals surface area contributed by atoms with Crippen LogP contribution in [0.1, 0.15) is 0 Å². The van der Waals surface area contributed by atoms with Crippen molar-refractivity contribution in [1.29, 1.82) is 0 Å². The molecule has 0 aromatic carbocycles. The van der Waals surface area contributed by atoms with Gasteiger partial charge in [-0.05, 0) is 0 Å². The first-order chi connectivity index (χ1) is 0. The first-order valence-electron chi connectivity index (χ1n) is 0. The third-order valence-corrected chi connectivity index (χ3v) is 0. The monoisotopic (exact) mass is 265 g/mol. The zero-order valence-electron chi connectivity index (χ0n) is 3.95. The Balaban J connectivity index is 0. The van der Waals surface area contributed by atoms with Crippen molar-refractivity contribution in [2.24, 2.45) is 0 Å². The Hall–Kier alpha value is 0.620. The van der Waals surface area contributed by atoms with Gasteiger partial charge < -0.3 is 31.3 Å². The van der Waals surface area contributed by atoms with E-state index in [1.807, 2.05) is 0 Å². The molecule has 0 aromatic rings. The summed E-state index contributed by atoms with van der Waals surface area (Å²) in [6.07, 6.45) is 0. The second-order valence-electron chi connectivity index (χ2n) is 0. The standard InChI is InChI=1S/2CH3.3H2O.Ta/h2*1H3;3*1H2;/q2*-1;;;;+2. The Labute approximate surface area is 54.2 Å². The number of hydrogen-bond acceptors (Lipinski definition) is 0. The van der Waals surface area contributed by atoms with Crippen molar-refractivity contribution in [3.63, 3.8) is 0 Å². The van der Waals surface area contributed by atoms with Gasteiger partial charge in [-0.25, -0.2) is 0 Å². The summed E-state index contributed by atoms with van der Waals surface area (Å²) in [5.41, 5.74) is 0. The zero-order valence-corrected chi connectivity index (χ0v) is 7.16. The fourth-order valence-corrected chi connectivity index (χ4v) is 0. The van der Waals surface area contributed by atoms with Gasteiger partial charge in [0.15, 0.2) is 0 Å². The van der Waals surface area contributed by atoms with E-state index in [1.165, 1.54) is 0 Å². The summed E-state index contributed by atoms with van der Waals surface area (Å²) >= 11 is 0. The molecule has 0 saturated carbocycles. The van der Waals surface area contributed by atoms with Crippen molar-refractivity contribution in [3.05, 3.63) is 14.9 Å². The van der Waals surface area contributed by atoms with E-state index >= 15 is 0 Å². The van der Waals surface area contributed by atoms with Crippen molar-refractivity contribution in [3.8, 4) is 0 Å². The molecule has 0 saturated heterocycles. The average molecular weight is 265 g/mol. The van der Waals surface area contributed by atoms with Gasteiger partial charge in [0, 0.05) is 0 Å². The third-order valence-electron chi connectivity index (χ3n) is 0. The van der Waals surface area contributed by atoms with Gasteiger partial charge >= 0.3 is 22.4 Å². The molecule has 6 heavy (non-hydrogen) atoms. The molecule has 0 aliphatic rings. The minimum atomic E-state index is 0. The van der Waals surface area contributed by atoms with Gasteiger partial charge in [-0.2, -0.15) is 0 Å². The summed E-state index contributed by atoms with van der Waals surface area (Å²) < 4.78 is 0. The Morgan fingerprint density at radius 2 is 0.500 bits per heavy atom. The van der Waals surface area contributed by atoms with Crippen molar-refractivity contribution >= 4 is 0 Å². The van der Waals surface area contributed by atoms with E-state index in [0.717, 1.165) is 0 Å². The minimum Gasteiger partial charge on any atom is -0.412 e. The molecule has 3 nitrogen and oxygen atoms in total. The van der Waals surface area contributed by atoms with Crippen LogP contribution in [-0.2, 0) is 22.4 Å². The van der Waals surface area contributed by atoms with E-state index < -0.39 is 0 Å². The molecule has 0 fully saturated rings. The Bertz CT molecular complexity index is 8.75. The summed E-state index contributed by atoms with van der Waals surface area (Å²) in [6.45, 7) is 0. The molecule has 0 atom stereocenters. The van der Waals surface area contributed by atoms with E-state index in [-0.39, 0.29) is 53.7 Å². The maximum Gasteiger partial charge on any atom is 2.00 e. The molecule has 0 unspecified atom stereocenters. The Morgan fingerprint density at radius 3 is 0.500 bits per heavy atom. The summed E-state index contributed by atoms with van der Waals surface area (Å²) in [5, 5.41) is 0. The van der Waals surface area contributed by atoms with E-state index in [0.29, 0.717) is 0 Å². The van der Waals surface area contributed by atoms with Gasteiger partial charge in [0.25, 0.3) is 0 Å². The molecular weight excluding hydrogens is 253 g/mol. The molecule has 1 radical (unpaired) electrons. The second-order valence-corrected chi connectivity index (χ2v) is 0. The predicted octanol–water partition coefficient (Wildman–Crippen LogP) is -1.58. The first-order valence-corrected chi connectivity index (χ1v) is 0. The fourth-order valence-electron chi connectivity index (χ4n) is 0. The molecule has 0 bridgehead atoms. The van der Waals surface area contributed by atoms with Gasteiger partial charge in [-0.15, -0.1) is 0 Å². The molecule has 0 aromatic heterocycles. The first kappa shape index (κ1) is 544. The van der Waals surface area contributed by atoms with Crippen LogP contribution in [0, 0.1) is 14.9 Å². The van der Waals surface area contributed by atoms with Crippen molar-refractivity contribution in [2.75, 3.05) is 0 Å². The SMILES string of the molecule is O.O.O.[CH3-].[CH3-].[Ta+2]. The zero-order chi connectivity index (χ0) is 0. The van der Waals surface area contributed by atoms with Crippen molar-refractivity contribution < 1.29 is 38.8 Å². The molecular formula is C2H12O3Ta. The van der Waals surface area contributed by atoms with Gasteiger partial charge in [-0.3, -0.25) is 0 Å². The Morgan fingerprint density at radius 1 is 0.500 bits per heavy atom. The van der Waals surface area contributed by atoms with Gasteiger partial charge in [0.05, 0.1) is 0 Å². The molecule has 0 amide bonds. The van der Waals surface area contributed by atoms with Crippen LogP contribution < -0.4 is 0 Å². The average Bonchev–Trinajstić information content (AvgIpc) is 0. The van der Waals surface area contributed by atoms with E-state index in [2.05, 4.69) is 0 Å². The second kappa shape index (κ2) is 312. The fraction of sp³-hybridized carbons (Fsp3) is 0. The van der Waals surface area contributed by atoms with Gasteiger partial charge in [0.2, 0.25) is 0 Å². The molecule has 0 spiro atoms. The number of rotatable bonds is 0. The Kier molecular flexibility index (Phi) is 28300. The van der Waals surface area contributed by atoms with Crippen molar-refractivity contribution in [1.82, 2.24) is 0 Å². The van der Waals surface area contributed by atoms with Crippen LogP contribution in [0.25, 0.3) is 0 Å². The van der Waals surface area contributed by atoms with E-state index in [1.54, 1.807) is 0 Å². The molecule has 0 aliphatic heterocycles. The predicted molar refractivity (Wildman–Crippen MR) is 23.7 cm³/mol. The van der Waals surface area contributed by atoms with Gasteiger partial charge in [0.1, 0.15) is 0 Å². The van der Waals surface area contributed by atoms with Crippen LogP contribution in [0.5, 0.6) is 0 Å². The maximum atomic E-state index is 0. The van der Waals surface area contributed by atoms with Crippen LogP contribution >= 0.6 is 0 Å².